The van der Waals surface area contributed by atoms with Crippen molar-refractivity contribution in [3.8, 4) is 10.4 Å². The summed E-state index contributed by atoms with van der Waals surface area (Å²) in [6.45, 7) is 4.05. The van der Waals surface area contributed by atoms with Crippen LogP contribution in [0.15, 0.2) is 53.4 Å². The van der Waals surface area contributed by atoms with Crippen LogP contribution >= 0.6 is 18.9 Å². The number of sulfonamides is 1. The standard InChI is InChI=1S/C21H23N2O5PS2/c1-3-27-29(24,28-4-2)14-15-9-11-17(12-10-15)31(25,26)23-21-22-19-13-16-7-5-6-8-18(16)20(19)30-21/h5-12H,3-4,13-14H2,1-2H3,(H,22,23). The van der Waals surface area contributed by atoms with E-state index in [1.54, 1.807) is 26.0 Å². The zero-order valence-corrected chi connectivity index (χ0v) is 19.7. The van der Waals surface area contributed by atoms with Crippen molar-refractivity contribution < 1.29 is 22.0 Å². The molecule has 1 aliphatic rings. The van der Waals surface area contributed by atoms with Crippen LogP contribution in [0, 0.1) is 0 Å². The number of anilines is 1. The van der Waals surface area contributed by atoms with Crippen LogP contribution in [-0.4, -0.2) is 26.6 Å². The molecule has 0 bridgehead atoms. The van der Waals surface area contributed by atoms with E-state index >= 15 is 0 Å². The van der Waals surface area contributed by atoms with E-state index in [9.17, 15) is 13.0 Å². The van der Waals surface area contributed by atoms with Gasteiger partial charge in [0.2, 0.25) is 0 Å². The van der Waals surface area contributed by atoms with Crippen LogP contribution in [0.3, 0.4) is 0 Å². The Morgan fingerprint density at radius 1 is 1.06 bits per heavy atom. The minimum Gasteiger partial charge on any atom is -0.309 e. The molecule has 0 spiro atoms. The number of rotatable bonds is 9. The van der Waals surface area contributed by atoms with Gasteiger partial charge in [0.1, 0.15) is 0 Å². The third-order valence-electron chi connectivity index (χ3n) is 4.80. The highest BCUT2D eigenvalue weighted by atomic mass is 32.2. The number of hydrogen-bond acceptors (Lipinski definition) is 7. The molecule has 164 valence electrons. The number of aromatic nitrogens is 1. The maximum absolute atomic E-state index is 12.8. The minimum atomic E-state index is -3.79. The van der Waals surface area contributed by atoms with Gasteiger partial charge in [0.05, 0.1) is 34.8 Å². The number of fused-ring (bicyclic) bond motifs is 3. The Bertz CT molecular complexity index is 1230. The molecule has 1 aliphatic carbocycles. The Balaban J connectivity index is 1.50. The fourth-order valence-electron chi connectivity index (χ4n) is 3.50. The van der Waals surface area contributed by atoms with Crippen molar-refractivity contribution in [2.75, 3.05) is 17.9 Å². The Morgan fingerprint density at radius 2 is 1.74 bits per heavy atom. The van der Waals surface area contributed by atoms with Gasteiger partial charge < -0.3 is 9.05 Å². The summed E-state index contributed by atoms with van der Waals surface area (Å²) in [5, 5.41) is 0.348. The highest BCUT2D eigenvalue weighted by molar-refractivity contribution is 7.93. The van der Waals surface area contributed by atoms with Gasteiger partial charge in [-0.2, -0.15) is 0 Å². The summed E-state index contributed by atoms with van der Waals surface area (Å²) in [5.74, 6) is 0. The van der Waals surface area contributed by atoms with Gasteiger partial charge in [-0.15, -0.1) is 0 Å². The molecule has 0 unspecified atom stereocenters. The van der Waals surface area contributed by atoms with Crippen molar-refractivity contribution >= 4 is 34.1 Å². The van der Waals surface area contributed by atoms with Gasteiger partial charge >= 0.3 is 7.60 Å². The van der Waals surface area contributed by atoms with Crippen LogP contribution in [0.25, 0.3) is 10.4 Å². The van der Waals surface area contributed by atoms with Crippen LogP contribution < -0.4 is 4.72 Å². The summed E-state index contributed by atoms with van der Waals surface area (Å²) < 4.78 is 51.5. The third kappa shape index (κ3) is 4.76. The van der Waals surface area contributed by atoms with Crippen LogP contribution in [0.4, 0.5) is 5.13 Å². The molecule has 0 atom stereocenters. The normalized spacial score (nSPS) is 13.1. The fraction of sp³-hybridized carbons (Fsp3) is 0.286. The lowest BCUT2D eigenvalue weighted by molar-refractivity contribution is 0.219. The molecule has 1 aromatic heterocycles. The van der Waals surface area contributed by atoms with Crippen molar-refractivity contribution in [2.24, 2.45) is 0 Å². The first-order valence-corrected chi connectivity index (χ1v) is 13.9. The van der Waals surface area contributed by atoms with Crippen LogP contribution in [0.2, 0.25) is 0 Å². The summed E-state index contributed by atoms with van der Waals surface area (Å²) in [4.78, 5) is 5.59. The average molecular weight is 479 g/mol. The quantitative estimate of drug-likeness (QED) is 0.329. The second-order valence-electron chi connectivity index (χ2n) is 6.98. The number of nitrogens with one attached hydrogen (secondary N) is 1. The van der Waals surface area contributed by atoms with E-state index in [1.807, 2.05) is 18.2 Å². The van der Waals surface area contributed by atoms with Crippen LogP contribution in [-0.2, 0) is 36.2 Å². The molecule has 0 radical (unpaired) electrons. The van der Waals surface area contributed by atoms with Crippen molar-refractivity contribution in [1.82, 2.24) is 4.98 Å². The molecule has 0 saturated heterocycles. The number of nitrogens with zero attached hydrogens (tertiary/aromatic N) is 1. The molecule has 0 fully saturated rings. The second-order valence-corrected chi connectivity index (χ2v) is 11.7. The molecule has 7 nitrogen and oxygen atoms in total. The zero-order valence-electron chi connectivity index (χ0n) is 17.2. The van der Waals surface area contributed by atoms with E-state index in [0.717, 1.165) is 16.1 Å². The lowest BCUT2D eigenvalue weighted by Gasteiger charge is -2.17. The summed E-state index contributed by atoms with van der Waals surface area (Å²) in [7, 11) is -7.04. The van der Waals surface area contributed by atoms with E-state index in [0.29, 0.717) is 17.1 Å². The van der Waals surface area contributed by atoms with Crippen LogP contribution in [0.1, 0.15) is 30.7 Å². The second kappa shape index (κ2) is 8.84. The summed E-state index contributed by atoms with van der Waals surface area (Å²) in [5.41, 5.74) is 3.88. The molecule has 1 N–H and O–H groups in total. The molecule has 2 aromatic carbocycles. The highest BCUT2D eigenvalue weighted by Gasteiger charge is 2.26. The first kappa shape index (κ1) is 22.2. The SMILES string of the molecule is CCOP(=O)(Cc1ccc(S(=O)(=O)Nc2nc3c(s2)-c2ccccc2C3)cc1)OCC. The van der Waals surface area contributed by atoms with Gasteiger partial charge in [-0.3, -0.25) is 9.29 Å². The highest BCUT2D eigenvalue weighted by Crippen LogP contribution is 2.51. The Labute approximate surface area is 186 Å². The predicted molar refractivity (Wildman–Crippen MR) is 122 cm³/mol. The van der Waals surface area contributed by atoms with Gasteiger partial charge in [-0.25, -0.2) is 13.4 Å². The average Bonchev–Trinajstić information content (AvgIpc) is 3.25. The largest absolute Gasteiger partial charge is 0.335 e. The molecule has 0 aliphatic heterocycles. The number of benzene rings is 2. The zero-order chi connectivity index (χ0) is 22.1. The van der Waals surface area contributed by atoms with E-state index in [4.69, 9.17) is 9.05 Å². The number of hydrogen-bond donors (Lipinski definition) is 1. The summed E-state index contributed by atoms with van der Waals surface area (Å²) >= 11 is 1.34. The van der Waals surface area contributed by atoms with Gasteiger partial charge in [-0.1, -0.05) is 47.7 Å². The van der Waals surface area contributed by atoms with Gasteiger partial charge in [-0.05, 0) is 42.7 Å². The van der Waals surface area contributed by atoms with Crippen molar-refractivity contribution in [1.29, 1.82) is 0 Å². The van der Waals surface area contributed by atoms with E-state index < -0.39 is 17.6 Å². The lowest BCUT2D eigenvalue weighted by atomic mass is 10.1. The van der Waals surface area contributed by atoms with E-state index in [-0.39, 0.29) is 24.3 Å². The lowest BCUT2D eigenvalue weighted by Crippen LogP contribution is -2.13. The van der Waals surface area contributed by atoms with Gasteiger partial charge in [0.15, 0.2) is 5.13 Å². The predicted octanol–water partition coefficient (Wildman–Crippen LogP) is 5.28. The maximum atomic E-state index is 12.8. The third-order valence-corrected chi connectivity index (χ3v) is 9.39. The van der Waals surface area contributed by atoms with Crippen molar-refractivity contribution in [3.05, 3.63) is 65.4 Å². The van der Waals surface area contributed by atoms with Crippen molar-refractivity contribution in [3.63, 3.8) is 0 Å². The molecule has 4 rings (SSSR count). The molecular formula is C21H23N2O5PS2. The Morgan fingerprint density at radius 3 is 2.42 bits per heavy atom. The molecular weight excluding hydrogens is 455 g/mol. The molecule has 0 saturated carbocycles. The Kier molecular flexibility index (Phi) is 6.32. The van der Waals surface area contributed by atoms with Crippen LogP contribution in [0.5, 0.6) is 0 Å². The molecule has 31 heavy (non-hydrogen) atoms. The molecule has 10 heteroatoms. The number of thiazole rings is 1. The minimum absolute atomic E-state index is 0.0844. The summed E-state index contributed by atoms with van der Waals surface area (Å²) in [6.07, 6.45) is 0.791. The molecule has 3 aromatic rings. The fourth-order valence-corrected chi connectivity index (χ4v) is 7.47. The first-order chi connectivity index (χ1) is 14.8. The smallest absolute Gasteiger partial charge is 0.309 e. The van der Waals surface area contributed by atoms with Crippen molar-refractivity contribution in [2.45, 2.75) is 31.3 Å². The first-order valence-electron chi connectivity index (χ1n) is 9.91. The van der Waals surface area contributed by atoms with Gasteiger partial charge in [0, 0.05) is 6.42 Å². The van der Waals surface area contributed by atoms with E-state index in [1.165, 1.54) is 29.0 Å². The molecule has 1 heterocycles. The topological polar surface area (TPSA) is 94.6 Å². The molecule has 0 amide bonds. The van der Waals surface area contributed by atoms with E-state index in [2.05, 4.69) is 15.8 Å². The monoisotopic (exact) mass is 478 g/mol. The summed E-state index contributed by atoms with van der Waals surface area (Å²) in [6, 6.07) is 14.3. The Hall–Kier alpha value is -2.03. The maximum Gasteiger partial charge on any atom is 0.335 e. The van der Waals surface area contributed by atoms with Gasteiger partial charge in [0.25, 0.3) is 10.0 Å².